The molecule has 1 rings (SSSR count). The molecule has 0 saturated heterocycles. The molecule has 1 aromatic heterocycles. The number of ether oxygens (including phenoxy) is 2. The van der Waals surface area contributed by atoms with E-state index in [0.717, 1.165) is 0 Å². The van der Waals surface area contributed by atoms with Crippen LogP contribution in [0.15, 0.2) is 6.20 Å². The van der Waals surface area contributed by atoms with E-state index in [0.29, 0.717) is 0 Å². The van der Waals surface area contributed by atoms with Crippen molar-refractivity contribution in [3.63, 3.8) is 0 Å². The summed E-state index contributed by atoms with van der Waals surface area (Å²) >= 11 is 0. The minimum atomic E-state index is -4.85. The highest BCUT2D eigenvalue weighted by Gasteiger charge is 2.33. The second kappa shape index (κ2) is 5.87. The van der Waals surface area contributed by atoms with Crippen molar-refractivity contribution in [1.82, 2.24) is 4.98 Å². The second-order valence-corrected chi connectivity index (χ2v) is 3.68. The first kappa shape index (κ1) is 15.2. The number of rotatable bonds is 4. The normalized spacial score (nSPS) is 11.3. The molecule has 0 aliphatic rings. The van der Waals surface area contributed by atoms with Crippen LogP contribution in [-0.2, 0) is 22.5 Å². The predicted octanol–water partition coefficient (Wildman–Crippen LogP) is 1.46. The summed E-state index contributed by atoms with van der Waals surface area (Å²) in [5.74, 6) is -1.06. The Labute approximate surface area is 107 Å². The zero-order valence-electron chi connectivity index (χ0n) is 10.4. The number of hydrogen-bond acceptors (Lipinski definition) is 5. The summed E-state index contributed by atoms with van der Waals surface area (Å²) in [6.45, 7) is 1.16. The highest BCUT2D eigenvalue weighted by atomic mass is 19.4. The average Bonchev–Trinajstić information content (AvgIpc) is 2.31. The molecule has 0 saturated carbocycles. The molecular formula is C11H13F3N2O3. The van der Waals surface area contributed by atoms with E-state index < -0.39 is 18.1 Å². The predicted molar refractivity (Wildman–Crippen MR) is 59.3 cm³/mol. The quantitative estimate of drug-likeness (QED) is 0.844. The number of methoxy groups -OCH3 is 1. The third kappa shape index (κ3) is 4.09. The van der Waals surface area contributed by atoms with Crippen molar-refractivity contribution in [2.75, 3.05) is 7.11 Å². The molecule has 8 heteroatoms. The number of alkyl halides is 3. The maximum absolute atomic E-state index is 12.3. The minimum Gasteiger partial charge on any atom is -0.469 e. The van der Waals surface area contributed by atoms with E-state index >= 15 is 0 Å². The largest absolute Gasteiger partial charge is 0.573 e. The van der Waals surface area contributed by atoms with Crippen molar-refractivity contribution in [3.8, 4) is 5.75 Å². The fourth-order valence-electron chi connectivity index (χ4n) is 1.53. The lowest BCUT2D eigenvalue weighted by atomic mass is 10.1. The summed E-state index contributed by atoms with van der Waals surface area (Å²) in [5.41, 5.74) is 5.82. The van der Waals surface area contributed by atoms with Gasteiger partial charge in [0.15, 0.2) is 5.75 Å². The highest BCUT2D eigenvalue weighted by Crippen LogP contribution is 2.30. The van der Waals surface area contributed by atoms with Crippen LogP contribution in [0.2, 0.25) is 0 Å². The van der Waals surface area contributed by atoms with Gasteiger partial charge in [-0.3, -0.25) is 9.78 Å². The molecule has 0 bridgehead atoms. The summed E-state index contributed by atoms with van der Waals surface area (Å²) in [6.07, 6.45) is -3.78. The van der Waals surface area contributed by atoms with Gasteiger partial charge in [-0.15, -0.1) is 13.2 Å². The number of esters is 1. The van der Waals surface area contributed by atoms with E-state index in [-0.39, 0.29) is 29.8 Å². The Morgan fingerprint density at radius 1 is 1.47 bits per heavy atom. The average molecular weight is 278 g/mol. The molecular weight excluding hydrogens is 265 g/mol. The Morgan fingerprint density at radius 2 is 2.11 bits per heavy atom. The molecule has 0 fully saturated rings. The topological polar surface area (TPSA) is 74.4 Å². The molecule has 0 aliphatic carbocycles. The number of nitrogens with two attached hydrogens (primary N) is 1. The molecule has 5 nitrogen and oxygen atoms in total. The van der Waals surface area contributed by atoms with Gasteiger partial charge in [-0.2, -0.15) is 0 Å². The Hall–Kier alpha value is -1.83. The van der Waals surface area contributed by atoms with E-state index in [9.17, 15) is 18.0 Å². The van der Waals surface area contributed by atoms with Crippen LogP contribution >= 0.6 is 0 Å². The lowest BCUT2D eigenvalue weighted by Gasteiger charge is -2.16. The van der Waals surface area contributed by atoms with Gasteiger partial charge >= 0.3 is 12.3 Å². The Kier molecular flexibility index (Phi) is 4.71. The number of nitrogens with zero attached hydrogens (tertiary/aromatic N) is 1. The third-order valence-electron chi connectivity index (χ3n) is 2.39. The van der Waals surface area contributed by atoms with Gasteiger partial charge in [0.05, 0.1) is 19.2 Å². The molecule has 0 atom stereocenters. The maximum Gasteiger partial charge on any atom is 0.573 e. The van der Waals surface area contributed by atoms with Crippen molar-refractivity contribution in [1.29, 1.82) is 0 Å². The van der Waals surface area contributed by atoms with Gasteiger partial charge in [0, 0.05) is 18.3 Å². The van der Waals surface area contributed by atoms with Crippen LogP contribution in [0.3, 0.4) is 0 Å². The minimum absolute atomic E-state index is 0.0476. The van der Waals surface area contributed by atoms with Crippen molar-refractivity contribution in [2.45, 2.75) is 26.3 Å². The SMILES string of the molecule is COC(=O)Cc1cnc(C)c(OC(F)(F)F)c1CN. The van der Waals surface area contributed by atoms with E-state index in [1.807, 2.05) is 0 Å². The van der Waals surface area contributed by atoms with E-state index in [2.05, 4.69) is 14.5 Å². The van der Waals surface area contributed by atoms with Crippen LogP contribution in [0.25, 0.3) is 0 Å². The van der Waals surface area contributed by atoms with Crippen LogP contribution in [-0.4, -0.2) is 24.4 Å². The first-order valence-corrected chi connectivity index (χ1v) is 5.28. The maximum atomic E-state index is 12.3. The number of aromatic nitrogens is 1. The van der Waals surface area contributed by atoms with Gasteiger partial charge in [-0.1, -0.05) is 0 Å². The molecule has 106 valence electrons. The lowest BCUT2D eigenvalue weighted by molar-refractivity contribution is -0.275. The van der Waals surface area contributed by atoms with E-state index in [1.54, 1.807) is 0 Å². The Balaban J connectivity index is 3.21. The zero-order valence-corrected chi connectivity index (χ0v) is 10.4. The molecule has 0 aromatic carbocycles. The van der Waals surface area contributed by atoms with Crippen LogP contribution in [0, 0.1) is 6.92 Å². The molecule has 1 heterocycles. The standard InChI is InChI=1S/C11H13F3N2O3/c1-6-10(19-11(12,13)14)8(4-15)7(5-16-6)3-9(17)18-2/h5H,3-4,15H2,1-2H3. The molecule has 0 aliphatic heterocycles. The van der Waals surface area contributed by atoms with Crippen molar-refractivity contribution >= 4 is 5.97 Å². The third-order valence-corrected chi connectivity index (χ3v) is 2.39. The van der Waals surface area contributed by atoms with Crippen LogP contribution in [0.1, 0.15) is 16.8 Å². The molecule has 1 aromatic rings. The van der Waals surface area contributed by atoms with Gasteiger partial charge in [0.1, 0.15) is 0 Å². The molecule has 19 heavy (non-hydrogen) atoms. The van der Waals surface area contributed by atoms with Crippen LogP contribution in [0.4, 0.5) is 13.2 Å². The first-order valence-electron chi connectivity index (χ1n) is 5.28. The summed E-state index contributed by atoms with van der Waals surface area (Å²) in [7, 11) is 1.18. The zero-order chi connectivity index (χ0) is 14.6. The number of carbonyl (C=O) groups is 1. The first-order chi connectivity index (χ1) is 8.78. The van der Waals surface area contributed by atoms with Crippen molar-refractivity contribution in [2.24, 2.45) is 5.73 Å². The number of halogens is 3. The summed E-state index contributed by atoms with van der Waals surface area (Å²) < 4.78 is 45.3. The summed E-state index contributed by atoms with van der Waals surface area (Å²) in [6, 6.07) is 0. The molecule has 0 unspecified atom stereocenters. The molecule has 0 amide bonds. The van der Waals surface area contributed by atoms with Gasteiger partial charge in [0.2, 0.25) is 0 Å². The van der Waals surface area contributed by atoms with Gasteiger partial charge in [0.25, 0.3) is 0 Å². The lowest BCUT2D eigenvalue weighted by Crippen LogP contribution is -2.21. The van der Waals surface area contributed by atoms with Crippen molar-refractivity contribution < 1.29 is 27.4 Å². The van der Waals surface area contributed by atoms with Gasteiger partial charge in [-0.05, 0) is 12.5 Å². The summed E-state index contributed by atoms with van der Waals surface area (Å²) in [5, 5.41) is 0. The fraction of sp³-hybridized carbons (Fsp3) is 0.455. The Bertz CT molecular complexity index is 475. The van der Waals surface area contributed by atoms with E-state index in [1.165, 1.54) is 20.2 Å². The second-order valence-electron chi connectivity index (χ2n) is 3.68. The summed E-state index contributed by atoms with van der Waals surface area (Å²) in [4.78, 5) is 14.9. The number of hydrogen-bond donors (Lipinski definition) is 1. The molecule has 2 N–H and O–H groups in total. The van der Waals surface area contributed by atoms with E-state index in [4.69, 9.17) is 5.73 Å². The van der Waals surface area contributed by atoms with Crippen LogP contribution < -0.4 is 10.5 Å². The number of aryl methyl sites for hydroxylation is 1. The number of carbonyl (C=O) groups excluding carboxylic acids is 1. The van der Waals surface area contributed by atoms with Gasteiger partial charge in [-0.25, -0.2) is 0 Å². The van der Waals surface area contributed by atoms with Gasteiger partial charge < -0.3 is 15.2 Å². The smallest absolute Gasteiger partial charge is 0.469 e. The molecule has 0 radical (unpaired) electrons. The fourth-order valence-corrected chi connectivity index (χ4v) is 1.53. The number of pyridine rings is 1. The van der Waals surface area contributed by atoms with Crippen molar-refractivity contribution in [3.05, 3.63) is 23.0 Å². The van der Waals surface area contributed by atoms with Crippen LogP contribution in [0.5, 0.6) is 5.75 Å². The monoisotopic (exact) mass is 278 g/mol. The Morgan fingerprint density at radius 3 is 2.58 bits per heavy atom. The highest BCUT2D eigenvalue weighted by molar-refractivity contribution is 5.73. The molecule has 0 spiro atoms.